The van der Waals surface area contributed by atoms with Crippen molar-refractivity contribution in [1.29, 1.82) is 0 Å². The number of ether oxygens (including phenoxy) is 1. The quantitative estimate of drug-likeness (QED) is 0.512. The predicted molar refractivity (Wildman–Crippen MR) is 133 cm³/mol. The highest BCUT2D eigenvalue weighted by Gasteiger charge is 2.33. The Labute approximate surface area is 206 Å². The topological polar surface area (TPSA) is 95.9 Å². The van der Waals surface area contributed by atoms with Crippen LogP contribution in [0.3, 0.4) is 0 Å². The van der Waals surface area contributed by atoms with Crippen LogP contribution in [0.15, 0.2) is 48.5 Å². The number of nitrogens with one attached hydrogen (secondary N) is 1. The van der Waals surface area contributed by atoms with Crippen molar-refractivity contribution in [1.82, 2.24) is 10.2 Å². The molecule has 7 nitrogen and oxygen atoms in total. The Bertz CT molecular complexity index is 1020. The number of carbonyl (C=O) groups is 3. The highest BCUT2D eigenvalue weighted by Crippen LogP contribution is 2.44. The summed E-state index contributed by atoms with van der Waals surface area (Å²) in [7, 11) is 0. The molecule has 0 saturated heterocycles. The number of benzene rings is 2. The van der Waals surface area contributed by atoms with Gasteiger partial charge in [-0.05, 0) is 54.4 Å². The molecule has 35 heavy (non-hydrogen) atoms. The predicted octanol–water partition coefficient (Wildman–Crippen LogP) is 4.80. The summed E-state index contributed by atoms with van der Waals surface area (Å²) in [5.74, 6) is -0.754. The van der Waals surface area contributed by atoms with Crippen LogP contribution in [-0.2, 0) is 14.3 Å². The lowest BCUT2D eigenvalue weighted by molar-refractivity contribution is -0.138. The van der Waals surface area contributed by atoms with Crippen molar-refractivity contribution in [2.75, 3.05) is 19.7 Å². The van der Waals surface area contributed by atoms with E-state index >= 15 is 0 Å². The van der Waals surface area contributed by atoms with Gasteiger partial charge in [0.1, 0.15) is 6.61 Å². The number of hydrogen-bond donors (Lipinski definition) is 2. The Morgan fingerprint density at radius 3 is 2.31 bits per heavy atom. The molecule has 0 radical (unpaired) electrons. The molecule has 0 spiro atoms. The Hall–Kier alpha value is -3.35. The number of aliphatic carboxylic acids is 1. The van der Waals surface area contributed by atoms with E-state index in [-0.39, 0.29) is 36.8 Å². The van der Waals surface area contributed by atoms with Crippen molar-refractivity contribution in [2.45, 2.75) is 57.4 Å². The van der Waals surface area contributed by atoms with E-state index in [0.29, 0.717) is 25.9 Å². The summed E-state index contributed by atoms with van der Waals surface area (Å²) in [6, 6.07) is 16.4. The summed E-state index contributed by atoms with van der Waals surface area (Å²) in [5.41, 5.74) is 4.73. The maximum atomic E-state index is 12.8. The summed E-state index contributed by atoms with van der Waals surface area (Å²) < 4.78 is 5.70. The molecule has 1 fully saturated rings. The molecule has 1 saturated carbocycles. The SMILES string of the molecule is CCN(CCCC(=O)O)C(=O)C[C@@H]1CCC[C@H]1NC(=O)OCC1c2ccccc2-c2ccccc21. The zero-order chi connectivity index (χ0) is 24.8. The van der Waals surface area contributed by atoms with Crippen LogP contribution in [0.1, 0.15) is 62.5 Å². The van der Waals surface area contributed by atoms with E-state index < -0.39 is 12.1 Å². The van der Waals surface area contributed by atoms with E-state index in [1.165, 1.54) is 22.3 Å². The molecule has 0 heterocycles. The molecule has 7 heteroatoms. The molecule has 2 aromatic carbocycles. The summed E-state index contributed by atoms with van der Waals surface area (Å²) in [4.78, 5) is 38.0. The molecule has 2 N–H and O–H groups in total. The lowest BCUT2D eigenvalue weighted by Gasteiger charge is -2.25. The minimum atomic E-state index is -0.850. The number of amides is 2. The van der Waals surface area contributed by atoms with Gasteiger partial charge in [-0.15, -0.1) is 0 Å². The van der Waals surface area contributed by atoms with E-state index in [1.54, 1.807) is 4.90 Å². The van der Waals surface area contributed by atoms with Crippen molar-refractivity contribution in [2.24, 2.45) is 5.92 Å². The first-order valence-corrected chi connectivity index (χ1v) is 12.6. The number of carboxylic acids is 1. The van der Waals surface area contributed by atoms with Gasteiger partial charge in [-0.3, -0.25) is 9.59 Å². The maximum absolute atomic E-state index is 12.8. The lowest BCUT2D eigenvalue weighted by atomic mass is 9.98. The first-order chi connectivity index (χ1) is 17.0. The smallest absolute Gasteiger partial charge is 0.407 e. The molecular weight excluding hydrogens is 444 g/mol. The number of rotatable bonds is 10. The van der Waals surface area contributed by atoms with Crippen molar-refractivity contribution < 1.29 is 24.2 Å². The summed E-state index contributed by atoms with van der Waals surface area (Å²) in [6.07, 6.45) is 3.08. The third-order valence-electron chi connectivity index (χ3n) is 7.30. The fourth-order valence-corrected chi connectivity index (χ4v) is 5.50. The number of nitrogens with zero attached hydrogens (tertiary/aromatic N) is 1. The van der Waals surface area contributed by atoms with Gasteiger partial charge in [0.15, 0.2) is 0 Å². The van der Waals surface area contributed by atoms with E-state index in [1.807, 2.05) is 31.2 Å². The van der Waals surface area contributed by atoms with Crippen LogP contribution in [0.2, 0.25) is 0 Å². The van der Waals surface area contributed by atoms with Crippen molar-refractivity contribution >= 4 is 18.0 Å². The van der Waals surface area contributed by atoms with Crippen molar-refractivity contribution in [3.8, 4) is 11.1 Å². The van der Waals surface area contributed by atoms with Crippen LogP contribution in [0, 0.1) is 5.92 Å². The van der Waals surface area contributed by atoms with Gasteiger partial charge in [0.25, 0.3) is 0 Å². The van der Waals surface area contributed by atoms with Crippen LogP contribution in [0.4, 0.5) is 4.79 Å². The first kappa shape index (κ1) is 24.8. The van der Waals surface area contributed by atoms with Crippen LogP contribution in [0.25, 0.3) is 11.1 Å². The van der Waals surface area contributed by atoms with Gasteiger partial charge >= 0.3 is 12.1 Å². The number of fused-ring (bicyclic) bond motifs is 3. The molecule has 0 aliphatic heterocycles. The summed E-state index contributed by atoms with van der Waals surface area (Å²) in [6.45, 7) is 3.16. The molecule has 2 aliphatic rings. The van der Waals surface area contributed by atoms with E-state index in [9.17, 15) is 14.4 Å². The van der Waals surface area contributed by atoms with Gasteiger partial charge in [0, 0.05) is 37.9 Å². The molecule has 2 aromatic rings. The highest BCUT2D eigenvalue weighted by molar-refractivity contribution is 5.79. The molecular formula is C28H34N2O5. The zero-order valence-electron chi connectivity index (χ0n) is 20.2. The fraction of sp³-hybridized carbons (Fsp3) is 0.464. The second kappa shape index (κ2) is 11.4. The van der Waals surface area contributed by atoms with Gasteiger partial charge in [-0.1, -0.05) is 55.0 Å². The lowest BCUT2D eigenvalue weighted by Crippen LogP contribution is -2.41. The number of hydrogen-bond acceptors (Lipinski definition) is 4. The second-order valence-corrected chi connectivity index (χ2v) is 9.44. The second-order valence-electron chi connectivity index (χ2n) is 9.44. The largest absolute Gasteiger partial charge is 0.481 e. The van der Waals surface area contributed by atoms with Gasteiger partial charge in [0.2, 0.25) is 5.91 Å². The highest BCUT2D eigenvalue weighted by atomic mass is 16.5. The van der Waals surface area contributed by atoms with Gasteiger partial charge < -0.3 is 20.1 Å². The van der Waals surface area contributed by atoms with E-state index in [0.717, 1.165) is 19.3 Å². The van der Waals surface area contributed by atoms with Crippen LogP contribution in [-0.4, -0.2) is 53.7 Å². The monoisotopic (exact) mass is 478 g/mol. The first-order valence-electron chi connectivity index (χ1n) is 12.6. The molecule has 2 amide bonds. The molecule has 186 valence electrons. The van der Waals surface area contributed by atoms with E-state index in [2.05, 4.69) is 29.6 Å². The maximum Gasteiger partial charge on any atom is 0.407 e. The van der Waals surface area contributed by atoms with Gasteiger partial charge in [0.05, 0.1) is 0 Å². The zero-order valence-corrected chi connectivity index (χ0v) is 20.2. The van der Waals surface area contributed by atoms with Crippen molar-refractivity contribution in [3.63, 3.8) is 0 Å². The number of carbonyl (C=O) groups excluding carboxylic acids is 2. The minimum absolute atomic E-state index is 0.0121. The molecule has 0 aromatic heterocycles. The molecule has 4 rings (SSSR count). The molecule has 0 bridgehead atoms. The summed E-state index contributed by atoms with van der Waals surface area (Å²) >= 11 is 0. The Kier molecular flexibility index (Phi) is 8.06. The summed E-state index contributed by atoms with van der Waals surface area (Å²) in [5, 5.41) is 11.9. The third-order valence-corrected chi connectivity index (χ3v) is 7.30. The molecule has 2 atom stereocenters. The Morgan fingerprint density at radius 1 is 1.03 bits per heavy atom. The normalized spacial score (nSPS) is 18.5. The van der Waals surface area contributed by atoms with Gasteiger partial charge in [-0.25, -0.2) is 4.79 Å². The standard InChI is InChI=1S/C28H34N2O5/c1-2-30(16-8-15-27(32)33)26(31)17-19-9-7-14-25(19)29-28(34)35-18-24-22-12-5-3-10-20(22)21-11-4-6-13-23(21)24/h3-6,10-13,19,24-25H,2,7-9,14-18H2,1H3,(H,29,34)(H,32,33)/t19-,25+/m0/s1. The Morgan fingerprint density at radius 2 is 1.69 bits per heavy atom. The fourth-order valence-electron chi connectivity index (χ4n) is 5.50. The average Bonchev–Trinajstić information content (AvgIpc) is 3.42. The Balaban J connectivity index is 1.30. The minimum Gasteiger partial charge on any atom is -0.481 e. The van der Waals surface area contributed by atoms with Crippen LogP contribution >= 0.6 is 0 Å². The van der Waals surface area contributed by atoms with Gasteiger partial charge in [-0.2, -0.15) is 0 Å². The molecule has 2 aliphatic carbocycles. The van der Waals surface area contributed by atoms with E-state index in [4.69, 9.17) is 9.84 Å². The average molecular weight is 479 g/mol. The van der Waals surface area contributed by atoms with Crippen molar-refractivity contribution in [3.05, 3.63) is 59.7 Å². The number of carboxylic acid groups (broad SMARTS) is 1. The van der Waals surface area contributed by atoms with Crippen LogP contribution in [0.5, 0.6) is 0 Å². The number of alkyl carbamates (subject to hydrolysis) is 1. The molecule has 0 unspecified atom stereocenters. The van der Waals surface area contributed by atoms with Crippen LogP contribution < -0.4 is 5.32 Å². The third kappa shape index (κ3) is 5.84.